The Morgan fingerprint density at radius 1 is 0.475 bits per heavy atom. The number of ether oxygens (including phenoxy) is 1. The first-order valence-electron chi connectivity index (χ1n) is 25.8. The Bertz CT molecular complexity index is 962. The second-order valence-electron chi connectivity index (χ2n) is 17.5. The summed E-state index contributed by atoms with van der Waals surface area (Å²) in [4.78, 5) is 24.4. The Labute approximate surface area is 366 Å². The largest absolute Gasteiger partial charge is 0.466 e. The van der Waals surface area contributed by atoms with Crippen LogP contribution < -0.4 is 5.32 Å². The summed E-state index contributed by atoms with van der Waals surface area (Å²) in [5.74, 6) is -0.0941. The Balaban J connectivity index is 3.48. The van der Waals surface area contributed by atoms with E-state index in [1.807, 2.05) is 6.08 Å². The van der Waals surface area contributed by atoms with Gasteiger partial charge in [-0.15, -0.1) is 0 Å². The molecule has 0 rings (SSSR count). The van der Waals surface area contributed by atoms with Crippen LogP contribution in [0.15, 0.2) is 36.5 Å². The lowest BCUT2D eigenvalue weighted by Crippen LogP contribution is -2.45. The van der Waals surface area contributed by atoms with Gasteiger partial charge in [0.1, 0.15) is 0 Å². The van der Waals surface area contributed by atoms with Crippen LogP contribution >= 0.6 is 0 Å². The number of rotatable bonds is 47. The number of esters is 1. The number of aliphatic hydroxyl groups is 2. The summed E-state index contributed by atoms with van der Waals surface area (Å²) in [5.41, 5.74) is 0. The van der Waals surface area contributed by atoms with Crippen LogP contribution in [-0.2, 0) is 14.3 Å². The molecule has 346 valence electrons. The van der Waals surface area contributed by atoms with Gasteiger partial charge >= 0.3 is 5.97 Å². The normalized spacial score (nSPS) is 12.9. The Morgan fingerprint density at radius 3 is 1.25 bits per heavy atom. The molecule has 6 nitrogen and oxygen atoms in total. The molecule has 3 N–H and O–H groups in total. The van der Waals surface area contributed by atoms with Crippen molar-refractivity contribution in [1.82, 2.24) is 5.32 Å². The third-order valence-corrected chi connectivity index (χ3v) is 11.7. The van der Waals surface area contributed by atoms with Gasteiger partial charge < -0.3 is 20.3 Å². The summed E-state index contributed by atoms with van der Waals surface area (Å²) >= 11 is 0. The fourth-order valence-electron chi connectivity index (χ4n) is 7.68. The summed E-state index contributed by atoms with van der Waals surface area (Å²) in [5, 5.41) is 22.9. The Hall–Kier alpha value is -1.92. The minimum Gasteiger partial charge on any atom is -0.466 e. The zero-order chi connectivity index (χ0) is 43.0. The minimum atomic E-state index is -0.848. The van der Waals surface area contributed by atoms with E-state index < -0.39 is 12.1 Å². The van der Waals surface area contributed by atoms with E-state index in [2.05, 4.69) is 43.5 Å². The van der Waals surface area contributed by atoms with Crippen molar-refractivity contribution >= 4 is 11.9 Å². The fourth-order valence-corrected chi connectivity index (χ4v) is 7.68. The Kier molecular flexibility index (Phi) is 47.2. The van der Waals surface area contributed by atoms with Crippen molar-refractivity contribution in [2.75, 3.05) is 13.2 Å². The van der Waals surface area contributed by atoms with Crippen LogP contribution in [0.3, 0.4) is 0 Å². The van der Waals surface area contributed by atoms with E-state index >= 15 is 0 Å². The number of carbonyl (C=O) groups excluding carboxylic acids is 2. The van der Waals surface area contributed by atoms with Crippen molar-refractivity contribution in [1.29, 1.82) is 0 Å². The highest BCUT2D eigenvalue weighted by Crippen LogP contribution is 2.15. The van der Waals surface area contributed by atoms with Crippen LogP contribution in [0, 0.1) is 0 Å². The van der Waals surface area contributed by atoms with E-state index in [4.69, 9.17) is 4.74 Å². The topological polar surface area (TPSA) is 95.9 Å². The highest BCUT2D eigenvalue weighted by atomic mass is 16.5. The highest BCUT2D eigenvalue weighted by molar-refractivity contribution is 5.76. The maximum atomic E-state index is 12.4. The van der Waals surface area contributed by atoms with Gasteiger partial charge in [-0.05, 0) is 64.2 Å². The number of carbonyl (C=O) groups is 2. The van der Waals surface area contributed by atoms with Gasteiger partial charge in [0.15, 0.2) is 0 Å². The molecule has 0 saturated carbocycles. The summed E-state index contributed by atoms with van der Waals surface area (Å²) in [6.45, 7) is 4.83. The molecule has 0 aromatic rings. The predicted octanol–water partition coefficient (Wildman–Crippen LogP) is 15.3. The Morgan fingerprint density at radius 2 is 0.831 bits per heavy atom. The van der Waals surface area contributed by atoms with Crippen LogP contribution in [0.5, 0.6) is 0 Å². The van der Waals surface area contributed by atoms with Gasteiger partial charge in [-0.2, -0.15) is 0 Å². The van der Waals surface area contributed by atoms with Gasteiger partial charge in [0.05, 0.1) is 25.4 Å². The van der Waals surface area contributed by atoms with Gasteiger partial charge in [0, 0.05) is 12.8 Å². The van der Waals surface area contributed by atoms with Crippen LogP contribution in [0.2, 0.25) is 0 Å². The second-order valence-corrected chi connectivity index (χ2v) is 17.5. The van der Waals surface area contributed by atoms with Crippen LogP contribution in [-0.4, -0.2) is 47.4 Å². The van der Waals surface area contributed by atoms with Crippen molar-refractivity contribution in [2.45, 2.75) is 276 Å². The van der Waals surface area contributed by atoms with E-state index in [0.717, 1.165) is 77.0 Å². The number of nitrogens with one attached hydrogen (secondary N) is 1. The average molecular weight is 830 g/mol. The zero-order valence-corrected chi connectivity index (χ0v) is 39.2. The molecule has 2 atom stereocenters. The van der Waals surface area contributed by atoms with E-state index in [1.54, 1.807) is 6.08 Å². The lowest BCUT2D eigenvalue weighted by atomic mass is 10.0. The quantitative estimate of drug-likeness (QED) is 0.0246. The first-order valence-corrected chi connectivity index (χ1v) is 25.8. The first-order chi connectivity index (χ1) is 29.0. The number of aliphatic hydroxyl groups excluding tert-OH is 2. The van der Waals surface area contributed by atoms with Crippen molar-refractivity contribution in [3.63, 3.8) is 0 Å². The molecule has 0 heterocycles. The number of amides is 1. The highest BCUT2D eigenvalue weighted by Gasteiger charge is 2.18. The molecular formula is C53H99NO5. The smallest absolute Gasteiger partial charge is 0.305 e. The molecule has 0 radical (unpaired) electrons. The molecule has 0 aliphatic heterocycles. The summed E-state index contributed by atoms with van der Waals surface area (Å²) in [6, 6.07) is -0.633. The molecule has 0 aromatic carbocycles. The van der Waals surface area contributed by atoms with E-state index in [1.165, 1.54) is 161 Å². The third kappa shape index (κ3) is 45.4. The lowest BCUT2D eigenvalue weighted by Gasteiger charge is -2.20. The molecule has 0 fully saturated rings. The van der Waals surface area contributed by atoms with E-state index in [0.29, 0.717) is 19.4 Å². The first kappa shape index (κ1) is 57.1. The lowest BCUT2D eigenvalue weighted by molar-refractivity contribution is -0.143. The van der Waals surface area contributed by atoms with Gasteiger partial charge in [0.2, 0.25) is 5.91 Å². The summed E-state index contributed by atoms with van der Waals surface area (Å²) in [7, 11) is 0. The SMILES string of the molecule is CCCCCCCCC/C=C/C(O)C(CO)NC(=O)CCCCCCCCCCCC/C=C\C=C/CCCCCOC(=O)CCCCCCCCCCCCCCCC. The van der Waals surface area contributed by atoms with Crippen molar-refractivity contribution < 1.29 is 24.5 Å². The number of hydrogen-bond donors (Lipinski definition) is 3. The second kappa shape index (κ2) is 48.7. The summed E-state index contributed by atoms with van der Waals surface area (Å²) in [6.07, 6.45) is 58.7. The fraction of sp³-hybridized carbons (Fsp3) is 0.849. The third-order valence-electron chi connectivity index (χ3n) is 11.7. The van der Waals surface area contributed by atoms with Crippen LogP contribution in [0.4, 0.5) is 0 Å². The van der Waals surface area contributed by atoms with Gasteiger partial charge in [0.25, 0.3) is 0 Å². The molecule has 0 bridgehead atoms. The molecule has 0 aliphatic carbocycles. The van der Waals surface area contributed by atoms with Crippen molar-refractivity contribution in [3.8, 4) is 0 Å². The molecule has 1 amide bonds. The van der Waals surface area contributed by atoms with Crippen LogP contribution in [0.25, 0.3) is 0 Å². The molecule has 0 spiro atoms. The average Bonchev–Trinajstić information content (AvgIpc) is 3.24. The minimum absolute atomic E-state index is 0.0127. The van der Waals surface area contributed by atoms with Gasteiger partial charge in [-0.1, -0.05) is 224 Å². The predicted molar refractivity (Wildman–Crippen MR) is 255 cm³/mol. The summed E-state index contributed by atoms with van der Waals surface area (Å²) < 4.78 is 5.44. The zero-order valence-electron chi connectivity index (χ0n) is 39.2. The van der Waals surface area contributed by atoms with Crippen molar-refractivity contribution in [2.24, 2.45) is 0 Å². The number of allylic oxidation sites excluding steroid dienone is 5. The molecular weight excluding hydrogens is 731 g/mol. The van der Waals surface area contributed by atoms with Gasteiger partial charge in [-0.25, -0.2) is 0 Å². The number of unbranched alkanes of at least 4 members (excludes halogenated alkanes) is 33. The molecule has 2 unspecified atom stereocenters. The maximum Gasteiger partial charge on any atom is 0.305 e. The monoisotopic (exact) mass is 830 g/mol. The maximum absolute atomic E-state index is 12.4. The molecule has 6 heteroatoms. The molecule has 0 saturated heterocycles. The van der Waals surface area contributed by atoms with Gasteiger partial charge in [-0.3, -0.25) is 9.59 Å². The van der Waals surface area contributed by atoms with Crippen LogP contribution in [0.1, 0.15) is 264 Å². The van der Waals surface area contributed by atoms with Crippen molar-refractivity contribution in [3.05, 3.63) is 36.5 Å². The van der Waals surface area contributed by atoms with E-state index in [9.17, 15) is 19.8 Å². The molecule has 0 aliphatic rings. The van der Waals surface area contributed by atoms with E-state index in [-0.39, 0.29) is 18.5 Å². The number of hydrogen-bond acceptors (Lipinski definition) is 5. The molecule has 0 aromatic heterocycles. The molecule has 59 heavy (non-hydrogen) atoms. The standard InChI is InChI=1S/C53H99NO5/c1-3-5-7-9-11-13-14-15-24-27-31-35-39-43-47-53(58)59-48-44-40-36-32-28-25-22-20-18-16-17-19-21-23-26-30-34-38-42-46-52(57)54-50(49-55)51(56)45-41-37-33-29-12-10-8-6-4-2/h20,22,25,28,41,45,50-51,55-56H,3-19,21,23-24,26-27,29-40,42-44,46-49H2,1-2H3,(H,54,57)/b22-20-,28-25-,45-41+.